The van der Waals surface area contributed by atoms with Gasteiger partial charge in [0, 0.05) is 19.3 Å². The molecule has 0 spiro atoms. The molecule has 1 aromatic carbocycles. The van der Waals surface area contributed by atoms with Crippen LogP contribution in [0.4, 0.5) is 0 Å². The molecule has 2 aliphatic rings. The van der Waals surface area contributed by atoms with Gasteiger partial charge >= 0.3 is 0 Å². The third kappa shape index (κ3) is 3.91. The van der Waals surface area contributed by atoms with E-state index in [9.17, 15) is 4.79 Å². The molecular weight excluding hydrogens is 336 g/mol. The molecule has 0 radical (unpaired) electrons. The second-order valence-electron chi connectivity index (χ2n) is 7.80. The average molecular weight is 364 g/mol. The van der Waals surface area contributed by atoms with E-state index in [1.54, 1.807) is 6.20 Å². The molecule has 1 aromatic heterocycles. The van der Waals surface area contributed by atoms with Crippen LogP contribution in [0.5, 0.6) is 0 Å². The van der Waals surface area contributed by atoms with Crippen LogP contribution in [0, 0.1) is 0 Å². The summed E-state index contributed by atoms with van der Waals surface area (Å²) in [5.74, 6) is 0.303. The lowest BCUT2D eigenvalue weighted by molar-refractivity contribution is -0.141. The van der Waals surface area contributed by atoms with Crippen molar-refractivity contribution in [1.29, 1.82) is 0 Å². The predicted molar refractivity (Wildman–Crippen MR) is 105 cm³/mol. The monoisotopic (exact) mass is 364 g/mol. The number of likely N-dealkylation sites (tertiary alicyclic amines) is 1. The lowest BCUT2D eigenvalue weighted by atomic mass is 9.77. The lowest BCUT2D eigenvalue weighted by Crippen LogP contribution is -2.51. The van der Waals surface area contributed by atoms with E-state index in [4.69, 9.17) is 4.74 Å². The summed E-state index contributed by atoms with van der Waals surface area (Å²) in [7, 11) is 0. The van der Waals surface area contributed by atoms with E-state index in [1.807, 2.05) is 24.3 Å². The van der Waals surface area contributed by atoms with Gasteiger partial charge < -0.3 is 9.64 Å². The van der Waals surface area contributed by atoms with Gasteiger partial charge in [0.25, 0.3) is 0 Å². The van der Waals surface area contributed by atoms with Gasteiger partial charge in [0.2, 0.25) is 5.91 Å². The predicted octanol–water partition coefficient (Wildman–Crippen LogP) is 4.10. The smallest absolute Gasteiger partial charge is 0.233 e. The van der Waals surface area contributed by atoms with Gasteiger partial charge in [-0.1, -0.05) is 49.2 Å². The first kappa shape index (κ1) is 18.2. The van der Waals surface area contributed by atoms with Gasteiger partial charge in [-0.25, -0.2) is 0 Å². The molecule has 0 N–H and O–H groups in total. The van der Waals surface area contributed by atoms with Gasteiger partial charge in [0.1, 0.15) is 0 Å². The topological polar surface area (TPSA) is 42.4 Å². The Morgan fingerprint density at radius 2 is 1.85 bits per heavy atom. The standard InChI is InChI=1S/C23H28N2O2/c26-22(23(13-5-6-14-23)19-9-2-1-3-10-19)25-16-8-12-21(17-25)27-18-20-11-4-7-15-24-20/h1-4,7,9-11,15,21H,5-6,8,12-14,16-18H2/t21-/m0/s1. The van der Waals surface area contributed by atoms with Crippen LogP contribution in [0.25, 0.3) is 0 Å². The van der Waals surface area contributed by atoms with Gasteiger partial charge in [0.15, 0.2) is 0 Å². The van der Waals surface area contributed by atoms with Crippen LogP contribution in [0.3, 0.4) is 0 Å². The second-order valence-corrected chi connectivity index (χ2v) is 7.80. The normalized spacial score (nSPS) is 21.9. The Bertz CT molecular complexity index is 741. The van der Waals surface area contributed by atoms with Crippen LogP contribution in [-0.4, -0.2) is 35.0 Å². The number of hydrogen-bond donors (Lipinski definition) is 0. The summed E-state index contributed by atoms with van der Waals surface area (Å²) in [6.07, 6.45) is 8.09. The first-order chi connectivity index (χ1) is 13.3. The summed E-state index contributed by atoms with van der Waals surface area (Å²) in [4.78, 5) is 20.0. The molecule has 2 aromatic rings. The molecule has 0 bridgehead atoms. The molecule has 1 aliphatic heterocycles. The fourth-order valence-corrected chi connectivity index (χ4v) is 4.61. The number of piperidine rings is 1. The summed E-state index contributed by atoms with van der Waals surface area (Å²) < 4.78 is 6.09. The van der Waals surface area contributed by atoms with Crippen molar-refractivity contribution in [1.82, 2.24) is 9.88 Å². The van der Waals surface area contributed by atoms with Crippen LogP contribution >= 0.6 is 0 Å². The van der Waals surface area contributed by atoms with Crippen LogP contribution in [0.15, 0.2) is 54.7 Å². The van der Waals surface area contributed by atoms with Crippen molar-refractivity contribution in [3.63, 3.8) is 0 Å². The van der Waals surface area contributed by atoms with Crippen LogP contribution in [0.1, 0.15) is 49.8 Å². The molecule has 1 atom stereocenters. The molecular formula is C23H28N2O2. The van der Waals surface area contributed by atoms with E-state index in [0.29, 0.717) is 19.1 Å². The summed E-state index contributed by atoms with van der Waals surface area (Å²) in [5, 5.41) is 0. The maximum atomic E-state index is 13.6. The summed E-state index contributed by atoms with van der Waals surface area (Å²) in [6.45, 7) is 2.05. The molecule has 1 saturated carbocycles. The largest absolute Gasteiger partial charge is 0.370 e. The Kier molecular flexibility index (Phi) is 5.53. The number of ether oxygens (including phenoxy) is 1. The number of carbonyl (C=O) groups excluding carboxylic acids is 1. The number of carbonyl (C=O) groups is 1. The number of aromatic nitrogens is 1. The van der Waals surface area contributed by atoms with Gasteiger partial charge in [-0.05, 0) is 43.4 Å². The first-order valence-electron chi connectivity index (χ1n) is 10.1. The Balaban J connectivity index is 1.44. The van der Waals surface area contributed by atoms with Crippen LogP contribution in [0.2, 0.25) is 0 Å². The molecule has 0 unspecified atom stereocenters. The number of benzene rings is 1. The number of amides is 1. The zero-order chi connectivity index (χ0) is 18.5. The number of nitrogens with zero attached hydrogens (tertiary/aromatic N) is 2. The molecule has 2 fully saturated rings. The zero-order valence-corrected chi connectivity index (χ0v) is 15.8. The summed E-state index contributed by atoms with van der Waals surface area (Å²) in [5.41, 5.74) is 1.80. The van der Waals surface area contributed by atoms with Crippen molar-refractivity contribution >= 4 is 5.91 Å². The van der Waals surface area contributed by atoms with Crippen LogP contribution in [-0.2, 0) is 21.6 Å². The minimum absolute atomic E-state index is 0.0962. The Labute approximate surface area is 161 Å². The molecule has 1 aliphatic carbocycles. The quantitative estimate of drug-likeness (QED) is 0.802. The van der Waals surface area contributed by atoms with Crippen molar-refractivity contribution in [2.75, 3.05) is 13.1 Å². The fraction of sp³-hybridized carbons (Fsp3) is 0.478. The molecule has 1 saturated heterocycles. The van der Waals surface area contributed by atoms with Crippen molar-refractivity contribution in [3.05, 3.63) is 66.0 Å². The first-order valence-corrected chi connectivity index (χ1v) is 10.1. The molecule has 4 nitrogen and oxygen atoms in total. The Morgan fingerprint density at radius 1 is 1.07 bits per heavy atom. The highest BCUT2D eigenvalue weighted by Crippen LogP contribution is 2.43. The highest BCUT2D eigenvalue weighted by Gasteiger charge is 2.45. The van der Waals surface area contributed by atoms with Crippen molar-refractivity contribution in [2.45, 2.75) is 56.7 Å². The lowest BCUT2D eigenvalue weighted by Gasteiger charge is -2.39. The van der Waals surface area contributed by atoms with E-state index < -0.39 is 0 Å². The maximum absolute atomic E-state index is 13.6. The van der Waals surface area contributed by atoms with E-state index in [0.717, 1.165) is 50.8 Å². The van der Waals surface area contributed by atoms with Gasteiger partial charge in [-0.15, -0.1) is 0 Å². The number of hydrogen-bond acceptors (Lipinski definition) is 3. The minimum atomic E-state index is -0.329. The third-order valence-corrected chi connectivity index (χ3v) is 6.05. The Morgan fingerprint density at radius 3 is 2.59 bits per heavy atom. The van der Waals surface area contributed by atoms with Crippen LogP contribution < -0.4 is 0 Å². The third-order valence-electron chi connectivity index (χ3n) is 6.05. The molecule has 142 valence electrons. The van der Waals surface area contributed by atoms with Crippen molar-refractivity contribution in [2.24, 2.45) is 0 Å². The molecule has 4 rings (SSSR count). The molecule has 27 heavy (non-hydrogen) atoms. The van der Waals surface area contributed by atoms with E-state index in [-0.39, 0.29) is 11.5 Å². The molecule has 2 heterocycles. The fourth-order valence-electron chi connectivity index (χ4n) is 4.61. The number of pyridine rings is 1. The summed E-state index contributed by atoms with van der Waals surface area (Å²) in [6, 6.07) is 16.3. The van der Waals surface area contributed by atoms with Gasteiger partial charge in [-0.2, -0.15) is 0 Å². The van der Waals surface area contributed by atoms with Crippen molar-refractivity contribution < 1.29 is 9.53 Å². The van der Waals surface area contributed by atoms with E-state index in [2.05, 4.69) is 34.1 Å². The summed E-state index contributed by atoms with van der Waals surface area (Å²) >= 11 is 0. The van der Waals surface area contributed by atoms with Gasteiger partial charge in [0.05, 0.1) is 23.8 Å². The van der Waals surface area contributed by atoms with Crippen molar-refractivity contribution in [3.8, 4) is 0 Å². The average Bonchev–Trinajstić information content (AvgIpc) is 3.24. The second kappa shape index (κ2) is 8.22. The minimum Gasteiger partial charge on any atom is -0.370 e. The molecule has 4 heteroatoms. The van der Waals surface area contributed by atoms with Gasteiger partial charge in [-0.3, -0.25) is 9.78 Å². The maximum Gasteiger partial charge on any atom is 0.233 e. The highest BCUT2D eigenvalue weighted by atomic mass is 16.5. The van der Waals surface area contributed by atoms with E-state index >= 15 is 0 Å². The SMILES string of the molecule is O=C(N1CCC[C@H](OCc2ccccn2)C1)C1(c2ccccc2)CCCC1. The van der Waals surface area contributed by atoms with E-state index in [1.165, 1.54) is 5.56 Å². The zero-order valence-electron chi connectivity index (χ0n) is 15.8. The highest BCUT2D eigenvalue weighted by molar-refractivity contribution is 5.88. The molecule has 1 amide bonds. The number of rotatable bonds is 5. The Hall–Kier alpha value is -2.20.